The van der Waals surface area contributed by atoms with E-state index in [1.807, 2.05) is 4.72 Å². The maximum atomic E-state index is 12.9. The van der Waals surface area contributed by atoms with Crippen LogP contribution in [-0.4, -0.2) is 22.8 Å². The standard InChI is InChI=1S/C11H13F3N2O3S/c1-3-19-10(17)16-20(2,18)9-5-4-7(15)6-8(9)11(12,13)14/h4-6H,2-3,15H2,1H3,(H,16,17,18). The molecule has 20 heavy (non-hydrogen) atoms. The molecule has 1 aromatic rings. The number of nitrogens with one attached hydrogen (secondary N) is 1. The van der Waals surface area contributed by atoms with Gasteiger partial charge in [-0.15, -0.1) is 0 Å². The molecule has 1 atom stereocenters. The molecule has 0 heterocycles. The van der Waals surface area contributed by atoms with Crippen LogP contribution in [-0.2, 0) is 20.6 Å². The molecule has 1 rings (SSSR count). The van der Waals surface area contributed by atoms with E-state index in [2.05, 4.69) is 10.6 Å². The Morgan fingerprint density at radius 3 is 2.60 bits per heavy atom. The predicted octanol–water partition coefficient (Wildman–Crippen LogP) is 2.02. The molecule has 0 spiro atoms. The molecule has 5 nitrogen and oxygen atoms in total. The summed E-state index contributed by atoms with van der Waals surface area (Å²) in [5.41, 5.74) is 3.93. The summed E-state index contributed by atoms with van der Waals surface area (Å²) in [6, 6.07) is 2.69. The van der Waals surface area contributed by atoms with Crippen molar-refractivity contribution in [2.45, 2.75) is 18.0 Å². The third-order valence-electron chi connectivity index (χ3n) is 2.19. The van der Waals surface area contributed by atoms with Crippen LogP contribution in [0.1, 0.15) is 12.5 Å². The highest BCUT2D eigenvalue weighted by atomic mass is 32.2. The molecule has 1 unspecified atom stereocenters. The topological polar surface area (TPSA) is 81.4 Å². The second-order valence-corrected chi connectivity index (χ2v) is 5.75. The minimum absolute atomic E-state index is 0.0186. The molecule has 0 bridgehead atoms. The Morgan fingerprint density at radius 2 is 2.10 bits per heavy atom. The van der Waals surface area contributed by atoms with Gasteiger partial charge in [0.2, 0.25) is 0 Å². The van der Waals surface area contributed by atoms with Gasteiger partial charge in [0.15, 0.2) is 0 Å². The molecular weight excluding hydrogens is 297 g/mol. The fraction of sp³-hybridized carbons (Fsp3) is 0.273. The fourth-order valence-electron chi connectivity index (χ4n) is 1.41. The summed E-state index contributed by atoms with van der Waals surface area (Å²) < 4.78 is 57.2. The van der Waals surface area contributed by atoms with Crippen LogP contribution in [0.4, 0.5) is 23.7 Å². The van der Waals surface area contributed by atoms with Gasteiger partial charge in [-0.3, -0.25) is 0 Å². The van der Waals surface area contributed by atoms with Crippen LogP contribution in [0.25, 0.3) is 0 Å². The molecule has 0 saturated heterocycles. The number of rotatable bonds is 3. The van der Waals surface area contributed by atoms with Gasteiger partial charge in [0.1, 0.15) is 0 Å². The number of alkyl halides is 3. The van der Waals surface area contributed by atoms with Gasteiger partial charge in [-0.2, -0.15) is 13.2 Å². The number of benzene rings is 1. The van der Waals surface area contributed by atoms with Crippen molar-refractivity contribution in [2.24, 2.45) is 0 Å². The Bertz CT molecular complexity index is 612. The van der Waals surface area contributed by atoms with Gasteiger partial charge in [0.25, 0.3) is 0 Å². The second kappa shape index (κ2) is 5.61. The van der Waals surface area contributed by atoms with E-state index in [9.17, 15) is 22.2 Å². The second-order valence-electron chi connectivity index (χ2n) is 3.75. The number of carbonyl (C=O) groups is 1. The van der Waals surface area contributed by atoms with Crippen LogP contribution in [0.15, 0.2) is 23.1 Å². The number of ether oxygens (including phenoxy) is 1. The zero-order valence-electron chi connectivity index (χ0n) is 10.5. The minimum atomic E-state index is -4.78. The maximum absolute atomic E-state index is 12.9. The maximum Gasteiger partial charge on any atom is 0.418 e. The number of nitrogen functional groups attached to an aromatic ring is 1. The van der Waals surface area contributed by atoms with Crippen molar-refractivity contribution < 1.29 is 26.9 Å². The quantitative estimate of drug-likeness (QED) is 0.661. The number of halogens is 3. The van der Waals surface area contributed by atoms with Gasteiger partial charge in [-0.25, -0.2) is 13.7 Å². The van der Waals surface area contributed by atoms with Gasteiger partial charge in [-0.05, 0) is 31.0 Å². The summed E-state index contributed by atoms with van der Waals surface area (Å²) in [4.78, 5) is 10.5. The minimum Gasteiger partial charge on any atom is -0.449 e. The zero-order chi connectivity index (χ0) is 15.6. The summed E-state index contributed by atoms with van der Waals surface area (Å²) in [6.45, 7) is 1.48. The Balaban J connectivity index is 3.29. The average Bonchev–Trinajstić information content (AvgIpc) is 2.26. The van der Waals surface area contributed by atoms with Crippen LogP contribution in [0.5, 0.6) is 0 Å². The average molecular weight is 310 g/mol. The SMILES string of the molecule is C=S(=O)(NC(=O)OCC)c1ccc(N)cc1C(F)(F)F. The van der Waals surface area contributed by atoms with E-state index in [-0.39, 0.29) is 12.3 Å². The molecule has 0 aliphatic rings. The third kappa shape index (κ3) is 3.80. The number of amides is 1. The highest BCUT2D eigenvalue weighted by Crippen LogP contribution is 2.35. The van der Waals surface area contributed by atoms with Gasteiger partial charge < -0.3 is 10.5 Å². The molecule has 0 aliphatic carbocycles. The third-order valence-corrected chi connectivity index (χ3v) is 3.75. The van der Waals surface area contributed by atoms with E-state index in [0.717, 1.165) is 12.1 Å². The lowest BCUT2D eigenvalue weighted by molar-refractivity contribution is -0.139. The molecule has 3 N–H and O–H groups in total. The van der Waals surface area contributed by atoms with E-state index in [1.54, 1.807) is 0 Å². The normalized spacial score (nSPS) is 14.4. The first-order chi connectivity index (χ1) is 9.08. The number of anilines is 1. The van der Waals surface area contributed by atoms with Crippen molar-refractivity contribution in [3.8, 4) is 0 Å². The monoisotopic (exact) mass is 310 g/mol. The van der Waals surface area contributed by atoms with E-state index in [0.29, 0.717) is 6.07 Å². The van der Waals surface area contributed by atoms with E-state index in [1.165, 1.54) is 6.92 Å². The van der Waals surface area contributed by atoms with Crippen LogP contribution in [0, 0.1) is 0 Å². The van der Waals surface area contributed by atoms with E-state index < -0.39 is 32.4 Å². The van der Waals surface area contributed by atoms with Crippen molar-refractivity contribution in [2.75, 3.05) is 12.3 Å². The Kier molecular flexibility index (Phi) is 4.53. The lowest BCUT2D eigenvalue weighted by Crippen LogP contribution is -2.32. The molecule has 1 amide bonds. The Labute approximate surface area is 114 Å². The van der Waals surface area contributed by atoms with E-state index in [4.69, 9.17) is 5.73 Å². The molecule has 9 heteroatoms. The van der Waals surface area contributed by atoms with Crippen molar-refractivity contribution >= 4 is 27.4 Å². The molecule has 1 aromatic carbocycles. The Hall–Kier alpha value is -1.90. The first-order valence-corrected chi connectivity index (χ1v) is 7.09. The largest absolute Gasteiger partial charge is 0.449 e. The van der Waals surface area contributed by atoms with Crippen LogP contribution < -0.4 is 10.5 Å². The van der Waals surface area contributed by atoms with Crippen LogP contribution in [0.3, 0.4) is 0 Å². The molecule has 0 radical (unpaired) electrons. The van der Waals surface area contributed by atoms with Crippen molar-refractivity contribution in [3.05, 3.63) is 23.8 Å². The first-order valence-electron chi connectivity index (χ1n) is 5.36. The van der Waals surface area contributed by atoms with Crippen molar-refractivity contribution in [1.82, 2.24) is 4.72 Å². The van der Waals surface area contributed by atoms with Crippen molar-refractivity contribution in [1.29, 1.82) is 0 Å². The lowest BCUT2D eigenvalue weighted by Gasteiger charge is -2.17. The first kappa shape index (κ1) is 16.2. The highest BCUT2D eigenvalue weighted by molar-refractivity contribution is 7.99. The Morgan fingerprint density at radius 1 is 1.50 bits per heavy atom. The number of nitrogens with two attached hydrogens (primary N) is 1. The summed E-state index contributed by atoms with van der Waals surface area (Å²) in [5.74, 6) is 3.14. The van der Waals surface area contributed by atoms with Gasteiger partial charge in [-0.1, -0.05) is 0 Å². The number of hydrogen-bond donors (Lipinski definition) is 2. The van der Waals surface area contributed by atoms with Crippen molar-refractivity contribution in [3.63, 3.8) is 0 Å². The molecule has 112 valence electrons. The smallest absolute Gasteiger partial charge is 0.418 e. The van der Waals surface area contributed by atoms with Gasteiger partial charge in [0.05, 0.1) is 26.8 Å². The summed E-state index contributed by atoms with van der Waals surface area (Å²) in [7, 11) is -3.71. The lowest BCUT2D eigenvalue weighted by atomic mass is 10.2. The highest BCUT2D eigenvalue weighted by Gasteiger charge is 2.36. The molecule has 0 saturated carbocycles. The zero-order valence-corrected chi connectivity index (χ0v) is 11.3. The summed E-state index contributed by atoms with van der Waals surface area (Å²) >= 11 is 0. The van der Waals surface area contributed by atoms with Crippen LogP contribution in [0.2, 0.25) is 0 Å². The van der Waals surface area contributed by atoms with Gasteiger partial charge in [0, 0.05) is 5.69 Å². The summed E-state index contributed by atoms with van der Waals surface area (Å²) in [6.07, 6.45) is -5.89. The number of carbonyl (C=O) groups excluding carboxylic acids is 1. The van der Waals surface area contributed by atoms with Gasteiger partial charge >= 0.3 is 12.3 Å². The van der Waals surface area contributed by atoms with E-state index >= 15 is 0 Å². The molecule has 0 aromatic heterocycles. The molecule has 0 aliphatic heterocycles. The summed E-state index contributed by atoms with van der Waals surface area (Å²) in [5, 5.41) is 0. The fourth-order valence-corrected chi connectivity index (χ4v) is 2.66. The molecule has 0 fully saturated rings. The predicted molar refractivity (Wildman–Crippen MR) is 69.5 cm³/mol. The molecular formula is C11H13F3N2O3S. The van der Waals surface area contributed by atoms with Crippen LogP contribution >= 0.6 is 0 Å². The number of hydrogen-bond acceptors (Lipinski definition) is 4.